The molecule has 1 unspecified atom stereocenters. The minimum Gasteiger partial charge on any atom is -0.481 e. The summed E-state index contributed by atoms with van der Waals surface area (Å²) in [6.07, 6.45) is 1.28. The predicted molar refractivity (Wildman–Crippen MR) is 74.6 cm³/mol. The van der Waals surface area contributed by atoms with Crippen molar-refractivity contribution in [1.29, 1.82) is 0 Å². The Morgan fingerprint density at radius 2 is 1.95 bits per heavy atom. The van der Waals surface area contributed by atoms with E-state index in [1.165, 1.54) is 0 Å². The second kappa shape index (κ2) is 7.63. The molecule has 0 aromatic heterocycles. The first-order chi connectivity index (χ1) is 8.97. The fraction of sp³-hybridized carbons (Fsp3) is 0.385. The van der Waals surface area contributed by atoms with Crippen molar-refractivity contribution in [2.75, 3.05) is 5.32 Å². The molecule has 0 radical (unpaired) electrons. The number of carboxylic acid groups (broad SMARTS) is 1. The highest BCUT2D eigenvalue weighted by Gasteiger charge is 2.08. The maximum atomic E-state index is 11.6. The molecule has 0 bridgehead atoms. The SMILES string of the molecule is CC(CCCC(=O)O)NC(=O)Nc1ccc(Cl)cc1. The van der Waals surface area contributed by atoms with E-state index in [0.29, 0.717) is 23.6 Å². The van der Waals surface area contributed by atoms with E-state index >= 15 is 0 Å². The molecule has 0 saturated carbocycles. The molecule has 1 atom stereocenters. The molecular formula is C13H17ClN2O3. The zero-order valence-corrected chi connectivity index (χ0v) is 11.4. The van der Waals surface area contributed by atoms with Crippen LogP contribution in [0.4, 0.5) is 10.5 Å². The van der Waals surface area contributed by atoms with Gasteiger partial charge in [0.25, 0.3) is 0 Å². The van der Waals surface area contributed by atoms with Crippen molar-refractivity contribution >= 4 is 29.3 Å². The Morgan fingerprint density at radius 3 is 2.53 bits per heavy atom. The zero-order chi connectivity index (χ0) is 14.3. The first-order valence-corrected chi connectivity index (χ1v) is 6.40. The average Bonchev–Trinajstić information content (AvgIpc) is 2.31. The standard InChI is InChI=1S/C13H17ClN2O3/c1-9(3-2-4-12(17)18)15-13(19)16-11-7-5-10(14)6-8-11/h5-9H,2-4H2,1H3,(H,17,18)(H2,15,16,19). The molecule has 1 rings (SSSR count). The monoisotopic (exact) mass is 284 g/mol. The summed E-state index contributed by atoms with van der Waals surface area (Å²) in [4.78, 5) is 22.0. The molecule has 0 aliphatic rings. The van der Waals surface area contributed by atoms with E-state index in [9.17, 15) is 9.59 Å². The Labute approximate surface area is 117 Å². The van der Waals surface area contributed by atoms with Gasteiger partial charge in [-0.25, -0.2) is 4.79 Å². The first-order valence-electron chi connectivity index (χ1n) is 6.02. The lowest BCUT2D eigenvalue weighted by molar-refractivity contribution is -0.137. The third-order valence-corrected chi connectivity index (χ3v) is 2.76. The molecule has 1 aromatic carbocycles. The maximum Gasteiger partial charge on any atom is 0.319 e. The van der Waals surface area contributed by atoms with E-state index in [0.717, 1.165) is 0 Å². The van der Waals surface area contributed by atoms with Crippen LogP contribution in [0.25, 0.3) is 0 Å². The van der Waals surface area contributed by atoms with Gasteiger partial charge >= 0.3 is 12.0 Å². The number of carboxylic acids is 1. The Kier molecular flexibility index (Phi) is 6.15. The van der Waals surface area contributed by atoms with E-state index in [4.69, 9.17) is 16.7 Å². The van der Waals surface area contributed by atoms with Crippen LogP contribution in [0, 0.1) is 0 Å². The van der Waals surface area contributed by atoms with Gasteiger partial charge in [0.05, 0.1) is 0 Å². The van der Waals surface area contributed by atoms with Gasteiger partial charge in [-0.15, -0.1) is 0 Å². The number of amides is 2. The number of anilines is 1. The molecule has 1 aromatic rings. The van der Waals surface area contributed by atoms with Crippen LogP contribution >= 0.6 is 11.6 Å². The number of urea groups is 1. The summed E-state index contributed by atoms with van der Waals surface area (Å²) < 4.78 is 0. The molecule has 0 fully saturated rings. The zero-order valence-electron chi connectivity index (χ0n) is 10.6. The van der Waals surface area contributed by atoms with Gasteiger partial charge in [-0.3, -0.25) is 4.79 Å². The number of aliphatic carboxylic acids is 1. The number of rotatable bonds is 6. The lowest BCUT2D eigenvalue weighted by atomic mass is 10.1. The van der Waals surface area contributed by atoms with Crippen LogP contribution in [-0.2, 0) is 4.79 Å². The third kappa shape index (κ3) is 6.67. The van der Waals surface area contributed by atoms with Crippen LogP contribution in [0.3, 0.4) is 0 Å². The largest absolute Gasteiger partial charge is 0.481 e. The fourth-order valence-corrected chi connectivity index (χ4v) is 1.68. The Bertz CT molecular complexity index is 434. The number of carbonyl (C=O) groups excluding carboxylic acids is 1. The topological polar surface area (TPSA) is 78.4 Å². The Balaban J connectivity index is 2.30. The molecule has 19 heavy (non-hydrogen) atoms. The van der Waals surface area contributed by atoms with Crippen molar-refractivity contribution in [2.45, 2.75) is 32.2 Å². The molecular weight excluding hydrogens is 268 g/mol. The molecule has 0 aliphatic heterocycles. The van der Waals surface area contributed by atoms with Crippen molar-refractivity contribution in [1.82, 2.24) is 5.32 Å². The molecule has 3 N–H and O–H groups in total. The lowest BCUT2D eigenvalue weighted by Gasteiger charge is -2.14. The maximum absolute atomic E-state index is 11.6. The number of halogens is 1. The third-order valence-electron chi connectivity index (χ3n) is 2.51. The average molecular weight is 285 g/mol. The van der Waals surface area contributed by atoms with Gasteiger partial charge in [-0.2, -0.15) is 0 Å². The minimum absolute atomic E-state index is 0.0772. The summed E-state index contributed by atoms with van der Waals surface area (Å²) in [5, 5.41) is 14.5. The highest BCUT2D eigenvalue weighted by molar-refractivity contribution is 6.30. The molecule has 0 spiro atoms. The van der Waals surface area contributed by atoms with Gasteiger partial charge in [0.2, 0.25) is 0 Å². The number of carbonyl (C=O) groups is 2. The van der Waals surface area contributed by atoms with Crippen molar-refractivity contribution in [2.24, 2.45) is 0 Å². The van der Waals surface area contributed by atoms with Crippen molar-refractivity contribution in [3.63, 3.8) is 0 Å². The van der Waals surface area contributed by atoms with E-state index in [1.807, 2.05) is 6.92 Å². The van der Waals surface area contributed by atoms with Crippen LogP contribution in [0.15, 0.2) is 24.3 Å². The molecule has 104 valence electrons. The molecule has 5 nitrogen and oxygen atoms in total. The van der Waals surface area contributed by atoms with Gasteiger partial charge < -0.3 is 15.7 Å². The molecule has 0 aliphatic carbocycles. The van der Waals surface area contributed by atoms with Crippen LogP contribution in [0.2, 0.25) is 5.02 Å². The van der Waals surface area contributed by atoms with E-state index < -0.39 is 5.97 Å². The smallest absolute Gasteiger partial charge is 0.319 e. The second-order valence-corrected chi connectivity index (χ2v) is 4.73. The normalized spacial score (nSPS) is 11.7. The fourth-order valence-electron chi connectivity index (χ4n) is 1.56. The Hall–Kier alpha value is -1.75. The number of nitrogens with one attached hydrogen (secondary N) is 2. The van der Waals surface area contributed by atoms with Gasteiger partial charge in [-0.1, -0.05) is 11.6 Å². The number of hydrogen-bond acceptors (Lipinski definition) is 2. The van der Waals surface area contributed by atoms with Gasteiger partial charge in [0, 0.05) is 23.2 Å². The van der Waals surface area contributed by atoms with Crippen LogP contribution in [0.5, 0.6) is 0 Å². The van der Waals surface area contributed by atoms with E-state index in [-0.39, 0.29) is 18.5 Å². The summed E-state index contributed by atoms with van der Waals surface area (Å²) in [6.45, 7) is 1.84. The quantitative estimate of drug-likeness (QED) is 0.751. The highest BCUT2D eigenvalue weighted by Crippen LogP contribution is 2.13. The van der Waals surface area contributed by atoms with Gasteiger partial charge in [0.15, 0.2) is 0 Å². The summed E-state index contributed by atoms with van der Waals surface area (Å²) in [5.74, 6) is -0.821. The number of benzene rings is 1. The second-order valence-electron chi connectivity index (χ2n) is 4.29. The summed E-state index contributed by atoms with van der Waals surface area (Å²) in [7, 11) is 0. The first kappa shape index (κ1) is 15.3. The summed E-state index contributed by atoms with van der Waals surface area (Å²) in [6, 6.07) is 6.39. The summed E-state index contributed by atoms with van der Waals surface area (Å²) in [5.41, 5.74) is 0.652. The van der Waals surface area contributed by atoms with Crippen molar-refractivity contribution in [3.8, 4) is 0 Å². The van der Waals surface area contributed by atoms with Crippen molar-refractivity contribution in [3.05, 3.63) is 29.3 Å². The van der Waals surface area contributed by atoms with Crippen LogP contribution < -0.4 is 10.6 Å². The lowest BCUT2D eigenvalue weighted by Crippen LogP contribution is -2.36. The van der Waals surface area contributed by atoms with E-state index in [1.54, 1.807) is 24.3 Å². The predicted octanol–water partition coefficient (Wildman–Crippen LogP) is 3.10. The number of hydrogen-bond donors (Lipinski definition) is 3. The highest BCUT2D eigenvalue weighted by atomic mass is 35.5. The Morgan fingerprint density at radius 1 is 1.32 bits per heavy atom. The van der Waals surface area contributed by atoms with Gasteiger partial charge in [0.1, 0.15) is 0 Å². The van der Waals surface area contributed by atoms with Crippen molar-refractivity contribution < 1.29 is 14.7 Å². The van der Waals surface area contributed by atoms with E-state index in [2.05, 4.69) is 10.6 Å². The molecule has 2 amide bonds. The summed E-state index contributed by atoms with van der Waals surface area (Å²) >= 11 is 5.74. The minimum atomic E-state index is -0.821. The van der Waals surface area contributed by atoms with Crippen LogP contribution in [0.1, 0.15) is 26.2 Å². The molecule has 0 heterocycles. The molecule has 0 saturated heterocycles. The van der Waals surface area contributed by atoms with Crippen LogP contribution in [-0.4, -0.2) is 23.1 Å². The molecule has 6 heteroatoms. The van der Waals surface area contributed by atoms with Gasteiger partial charge in [-0.05, 0) is 44.0 Å².